The molecule has 9 nitrogen and oxygen atoms in total. The quantitative estimate of drug-likeness (QED) is 0.224. The summed E-state index contributed by atoms with van der Waals surface area (Å²) in [6, 6.07) is 6.33. The molecule has 0 unspecified atom stereocenters. The summed E-state index contributed by atoms with van der Waals surface area (Å²) in [7, 11) is 0. The number of nitrogens with zero attached hydrogens (tertiary/aromatic N) is 3. The van der Waals surface area contributed by atoms with E-state index in [0.717, 1.165) is 37.2 Å². The number of allylic oxidation sites excluding steroid dienone is 3. The highest BCUT2D eigenvalue weighted by atomic mass is 16.6. The van der Waals surface area contributed by atoms with Crippen molar-refractivity contribution >= 4 is 12.1 Å². The van der Waals surface area contributed by atoms with E-state index >= 15 is 0 Å². The molecule has 0 saturated carbocycles. The molecule has 9 heteroatoms. The summed E-state index contributed by atoms with van der Waals surface area (Å²) in [5.41, 5.74) is 0.349. The van der Waals surface area contributed by atoms with Crippen molar-refractivity contribution in [3.63, 3.8) is 0 Å². The first-order chi connectivity index (χ1) is 22.0. The summed E-state index contributed by atoms with van der Waals surface area (Å²) >= 11 is 0. The van der Waals surface area contributed by atoms with Crippen LogP contribution in [0.15, 0.2) is 60.3 Å². The molecule has 1 aromatic heterocycles. The largest absolute Gasteiger partial charge is 0.457 e. The van der Waals surface area contributed by atoms with Crippen LogP contribution in [0.2, 0.25) is 0 Å². The topological polar surface area (TPSA) is 112 Å². The summed E-state index contributed by atoms with van der Waals surface area (Å²) in [4.78, 5) is 35.0. The first-order valence-electron chi connectivity index (χ1n) is 17.3. The minimum Gasteiger partial charge on any atom is -0.457 e. The summed E-state index contributed by atoms with van der Waals surface area (Å²) in [5, 5.41) is 22.1. The highest BCUT2D eigenvalue weighted by molar-refractivity contribution is 5.70. The van der Waals surface area contributed by atoms with E-state index in [2.05, 4.69) is 16.8 Å². The molecular weight excluding hydrogens is 582 g/mol. The maximum Gasteiger partial charge on any atom is 0.410 e. The van der Waals surface area contributed by atoms with Gasteiger partial charge >= 0.3 is 12.1 Å². The first-order valence-corrected chi connectivity index (χ1v) is 17.3. The molecule has 4 rings (SSSR count). The number of pyridine rings is 1. The van der Waals surface area contributed by atoms with Crippen molar-refractivity contribution in [3.05, 3.63) is 66.0 Å². The SMILES string of the molecule is C/C(=C\C=C\[C@H](C)c1ccccn1)[C@H]1OC(=O)C[C@H](O)CC[C@@](C)(O)[C@@H](OC(=O)N2CCC(N3CCCCCC3)CC2)/C=C/[C@@H]1C. The van der Waals surface area contributed by atoms with Crippen molar-refractivity contribution in [2.75, 3.05) is 26.2 Å². The Bertz CT molecular complexity index is 1200. The maximum absolute atomic E-state index is 13.4. The molecule has 1 amide bonds. The fourth-order valence-electron chi connectivity index (χ4n) is 6.72. The van der Waals surface area contributed by atoms with Crippen molar-refractivity contribution < 1.29 is 29.3 Å². The number of likely N-dealkylation sites (tertiary alicyclic amines) is 2. The van der Waals surface area contributed by atoms with E-state index in [9.17, 15) is 19.8 Å². The lowest BCUT2D eigenvalue weighted by molar-refractivity contribution is -0.151. The second-order valence-electron chi connectivity index (χ2n) is 13.7. The Morgan fingerprint density at radius 1 is 1.11 bits per heavy atom. The molecule has 2 saturated heterocycles. The van der Waals surface area contributed by atoms with Crippen LogP contribution < -0.4 is 0 Å². The van der Waals surface area contributed by atoms with E-state index in [4.69, 9.17) is 9.47 Å². The van der Waals surface area contributed by atoms with Crippen LogP contribution in [0.5, 0.6) is 0 Å². The van der Waals surface area contributed by atoms with Gasteiger partial charge in [0, 0.05) is 42.9 Å². The van der Waals surface area contributed by atoms with Crippen LogP contribution in [0, 0.1) is 5.92 Å². The Hall–Kier alpha value is -3.01. The second kappa shape index (κ2) is 17.2. The fraction of sp³-hybridized carbons (Fsp3) is 0.649. The average molecular weight is 638 g/mol. The number of aliphatic hydroxyl groups excluding tert-OH is 1. The third-order valence-electron chi connectivity index (χ3n) is 9.79. The normalized spacial score (nSPS) is 31.3. The number of hydrogen-bond donors (Lipinski definition) is 2. The molecule has 0 aliphatic carbocycles. The number of amides is 1. The predicted molar refractivity (Wildman–Crippen MR) is 179 cm³/mol. The van der Waals surface area contributed by atoms with E-state index in [1.165, 1.54) is 25.7 Å². The van der Waals surface area contributed by atoms with E-state index in [1.54, 1.807) is 24.1 Å². The van der Waals surface area contributed by atoms with Gasteiger partial charge in [-0.05, 0) is 89.2 Å². The number of aliphatic hydroxyl groups is 2. The minimum atomic E-state index is -1.44. The lowest BCUT2D eigenvalue weighted by Gasteiger charge is -2.39. The summed E-state index contributed by atoms with van der Waals surface area (Å²) < 4.78 is 11.9. The van der Waals surface area contributed by atoms with Crippen LogP contribution in [0.25, 0.3) is 0 Å². The summed E-state index contributed by atoms with van der Waals surface area (Å²) in [5.74, 6) is -0.683. The number of hydrogen-bond acceptors (Lipinski definition) is 8. The molecular formula is C37H55N3O6. The summed E-state index contributed by atoms with van der Waals surface area (Å²) in [6.45, 7) is 11.1. The number of piperidine rings is 1. The molecule has 0 spiro atoms. The van der Waals surface area contributed by atoms with Gasteiger partial charge in [-0.1, -0.05) is 57.1 Å². The van der Waals surface area contributed by atoms with Crippen molar-refractivity contribution in [1.29, 1.82) is 0 Å². The number of carbonyl (C=O) groups is 2. The number of aromatic nitrogens is 1. The van der Waals surface area contributed by atoms with Gasteiger partial charge in [-0.25, -0.2) is 4.79 Å². The molecule has 0 aromatic carbocycles. The summed E-state index contributed by atoms with van der Waals surface area (Å²) in [6.07, 6.45) is 15.3. The molecule has 2 fully saturated rings. The number of carbonyl (C=O) groups excluding carboxylic acids is 2. The monoisotopic (exact) mass is 637 g/mol. The van der Waals surface area contributed by atoms with E-state index < -0.39 is 36.0 Å². The zero-order chi connectivity index (χ0) is 33.1. The van der Waals surface area contributed by atoms with Gasteiger partial charge in [0.05, 0.1) is 12.5 Å². The van der Waals surface area contributed by atoms with Crippen LogP contribution >= 0.6 is 0 Å². The first kappa shape index (κ1) is 35.8. The average Bonchev–Trinajstić information content (AvgIpc) is 3.34. The van der Waals surface area contributed by atoms with Gasteiger partial charge in [0.1, 0.15) is 11.7 Å². The van der Waals surface area contributed by atoms with Crippen molar-refractivity contribution in [2.24, 2.45) is 5.92 Å². The van der Waals surface area contributed by atoms with E-state index in [1.807, 2.05) is 56.4 Å². The van der Waals surface area contributed by atoms with E-state index in [-0.39, 0.29) is 31.1 Å². The molecule has 0 radical (unpaired) electrons. The van der Waals surface area contributed by atoms with Gasteiger partial charge in [-0.3, -0.25) is 9.78 Å². The highest BCUT2D eigenvalue weighted by Gasteiger charge is 2.37. The van der Waals surface area contributed by atoms with Crippen LogP contribution in [0.1, 0.15) is 97.1 Å². The number of rotatable bonds is 6. The van der Waals surface area contributed by atoms with Gasteiger partial charge in [0.15, 0.2) is 6.10 Å². The Balaban J connectivity index is 1.45. The van der Waals surface area contributed by atoms with Gasteiger partial charge < -0.3 is 29.5 Å². The van der Waals surface area contributed by atoms with Crippen LogP contribution in [0.3, 0.4) is 0 Å². The van der Waals surface area contributed by atoms with Crippen molar-refractivity contribution in [3.8, 4) is 0 Å². The lowest BCUT2D eigenvalue weighted by atomic mass is 9.88. The fourth-order valence-corrected chi connectivity index (χ4v) is 6.72. The van der Waals surface area contributed by atoms with Crippen molar-refractivity contribution in [2.45, 2.75) is 121 Å². The molecule has 3 aliphatic rings. The Morgan fingerprint density at radius 2 is 1.83 bits per heavy atom. The third kappa shape index (κ3) is 10.5. The Morgan fingerprint density at radius 3 is 2.50 bits per heavy atom. The minimum absolute atomic E-state index is 0.106. The highest BCUT2D eigenvalue weighted by Crippen LogP contribution is 2.28. The third-order valence-corrected chi connectivity index (χ3v) is 9.79. The lowest BCUT2D eigenvalue weighted by Crippen LogP contribution is -2.49. The Labute approximate surface area is 275 Å². The van der Waals surface area contributed by atoms with Gasteiger partial charge in [-0.15, -0.1) is 0 Å². The van der Waals surface area contributed by atoms with Crippen LogP contribution in [-0.2, 0) is 14.3 Å². The van der Waals surface area contributed by atoms with Gasteiger partial charge in [-0.2, -0.15) is 0 Å². The van der Waals surface area contributed by atoms with Gasteiger partial charge in [0.25, 0.3) is 0 Å². The second-order valence-corrected chi connectivity index (χ2v) is 13.7. The zero-order valence-corrected chi connectivity index (χ0v) is 28.2. The van der Waals surface area contributed by atoms with Crippen molar-refractivity contribution in [1.82, 2.24) is 14.8 Å². The van der Waals surface area contributed by atoms with E-state index in [0.29, 0.717) is 19.1 Å². The number of cyclic esters (lactones) is 1. The molecule has 46 heavy (non-hydrogen) atoms. The van der Waals surface area contributed by atoms with Gasteiger partial charge in [0.2, 0.25) is 0 Å². The predicted octanol–water partition coefficient (Wildman–Crippen LogP) is 5.93. The standard InChI is InChI=1S/C37H55N3O6/c1-27(32-14-7-8-21-38-32)12-11-13-28(2)35-29(3)15-16-33(37(4,44)20-17-31(41)26-34(42)46-35)45-36(43)40-24-18-30(19-25-40)39-22-9-5-6-10-23-39/h7-8,11-16,21,27,29-31,33,35,41,44H,5-6,9-10,17-20,22-26H2,1-4H3/b12-11+,16-15+,28-13+/t27-,29-,31+,33-,35+,37+/m0/s1. The Kier molecular flexibility index (Phi) is 13.4. The molecule has 4 heterocycles. The molecule has 0 bridgehead atoms. The zero-order valence-electron chi connectivity index (χ0n) is 28.2. The molecule has 3 aliphatic heterocycles. The van der Waals surface area contributed by atoms with Crippen LogP contribution in [0.4, 0.5) is 4.79 Å². The maximum atomic E-state index is 13.4. The molecule has 254 valence electrons. The number of ether oxygens (including phenoxy) is 2. The molecule has 1 aromatic rings. The smallest absolute Gasteiger partial charge is 0.410 e. The number of esters is 1. The molecule has 2 N–H and O–H groups in total. The molecule has 6 atom stereocenters. The van der Waals surface area contributed by atoms with Crippen LogP contribution in [-0.4, -0.2) is 93.2 Å².